The summed E-state index contributed by atoms with van der Waals surface area (Å²) in [6.45, 7) is 1.39. The fourth-order valence-electron chi connectivity index (χ4n) is 2.95. The first-order valence-electron chi connectivity index (χ1n) is 7.20. The summed E-state index contributed by atoms with van der Waals surface area (Å²) in [7, 11) is 1.57. The number of anilines is 1. The lowest BCUT2D eigenvalue weighted by Crippen LogP contribution is -2.29. The second-order valence-corrected chi connectivity index (χ2v) is 5.21. The standard InChI is InChI=1S/C17H15N3O2/c1-22-15-9-5-2-6-12(15)16(21)20-11-10-19-14-8-4-3-7-13(14)18-17(19)20/h2-9H,10-11H2,1H3. The smallest absolute Gasteiger partial charge is 0.264 e. The summed E-state index contributed by atoms with van der Waals surface area (Å²) in [5.41, 5.74) is 2.54. The van der Waals surface area contributed by atoms with E-state index in [1.54, 1.807) is 24.1 Å². The molecular weight excluding hydrogens is 278 g/mol. The van der Waals surface area contributed by atoms with Crippen LogP contribution in [-0.2, 0) is 6.54 Å². The second kappa shape index (κ2) is 4.87. The molecule has 0 atom stereocenters. The summed E-state index contributed by atoms with van der Waals surface area (Å²) in [5.74, 6) is 1.21. The van der Waals surface area contributed by atoms with E-state index in [1.165, 1.54) is 0 Å². The lowest BCUT2D eigenvalue weighted by Gasteiger charge is -2.15. The SMILES string of the molecule is COc1ccccc1C(=O)N1CCn2c1nc1ccccc12. The normalized spacial score (nSPS) is 13.4. The summed E-state index contributed by atoms with van der Waals surface area (Å²) in [4.78, 5) is 19.2. The van der Waals surface area contributed by atoms with Gasteiger partial charge in [-0.05, 0) is 24.3 Å². The van der Waals surface area contributed by atoms with Gasteiger partial charge in [-0.1, -0.05) is 24.3 Å². The summed E-state index contributed by atoms with van der Waals surface area (Å²) in [6.07, 6.45) is 0. The van der Waals surface area contributed by atoms with Crippen LogP contribution in [-0.4, -0.2) is 29.1 Å². The Morgan fingerprint density at radius 1 is 1.09 bits per heavy atom. The number of carbonyl (C=O) groups excluding carboxylic acids is 1. The van der Waals surface area contributed by atoms with Crippen molar-refractivity contribution in [2.75, 3.05) is 18.6 Å². The summed E-state index contributed by atoms with van der Waals surface area (Å²) in [5, 5.41) is 0. The fourth-order valence-corrected chi connectivity index (χ4v) is 2.95. The monoisotopic (exact) mass is 293 g/mol. The molecule has 0 bridgehead atoms. The molecule has 0 radical (unpaired) electrons. The molecule has 0 N–H and O–H groups in total. The van der Waals surface area contributed by atoms with E-state index in [-0.39, 0.29) is 5.91 Å². The molecule has 0 saturated heterocycles. The number of fused-ring (bicyclic) bond motifs is 3. The molecule has 3 aromatic rings. The number of amides is 1. The molecule has 2 aromatic carbocycles. The highest BCUT2D eigenvalue weighted by Crippen LogP contribution is 2.29. The highest BCUT2D eigenvalue weighted by molar-refractivity contribution is 6.08. The molecular formula is C17H15N3O2. The van der Waals surface area contributed by atoms with Gasteiger partial charge in [-0.25, -0.2) is 4.98 Å². The van der Waals surface area contributed by atoms with Crippen LogP contribution in [0.3, 0.4) is 0 Å². The molecule has 5 nitrogen and oxygen atoms in total. The van der Waals surface area contributed by atoms with Gasteiger partial charge in [0.1, 0.15) is 5.75 Å². The van der Waals surface area contributed by atoms with Crippen LogP contribution in [0.2, 0.25) is 0 Å². The van der Waals surface area contributed by atoms with Crippen molar-refractivity contribution in [1.29, 1.82) is 0 Å². The van der Waals surface area contributed by atoms with Crippen molar-refractivity contribution in [2.45, 2.75) is 6.54 Å². The van der Waals surface area contributed by atoms with E-state index < -0.39 is 0 Å². The number of carbonyl (C=O) groups is 1. The summed E-state index contributed by atoms with van der Waals surface area (Å²) in [6, 6.07) is 15.2. The third-order valence-electron chi connectivity index (χ3n) is 4.01. The van der Waals surface area contributed by atoms with Gasteiger partial charge in [0.15, 0.2) is 0 Å². The second-order valence-electron chi connectivity index (χ2n) is 5.21. The van der Waals surface area contributed by atoms with Gasteiger partial charge >= 0.3 is 0 Å². The number of benzene rings is 2. The maximum Gasteiger partial charge on any atom is 0.264 e. The average molecular weight is 293 g/mol. The number of ether oxygens (including phenoxy) is 1. The van der Waals surface area contributed by atoms with Crippen LogP contribution in [0.5, 0.6) is 5.75 Å². The maximum absolute atomic E-state index is 12.9. The first-order valence-corrected chi connectivity index (χ1v) is 7.20. The third kappa shape index (κ3) is 1.79. The molecule has 110 valence electrons. The van der Waals surface area contributed by atoms with E-state index in [9.17, 15) is 4.79 Å². The van der Waals surface area contributed by atoms with E-state index in [2.05, 4.69) is 9.55 Å². The van der Waals surface area contributed by atoms with Gasteiger partial charge in [0, 0.05) is 13.1 Å². The van der Waals surface area contributed by atoms with Gasteiger partial charge in [0.05, 0.1) is 23.7 Å². The minimum Gasteiger partial charge on any atom is -0.496 e. The van der Waals surface area contributed by atoms with Crippen molar-refractivity contribution in [1.82, 2.24) is 9.55 Å². The number of rotatable bonds is 2. The Labute approximate surface area is 127 Å². The molecule has 0 saturated carbocycles. The zero-order valence-corrected chi connectivity index (χ0v) is 12.2. The Kier molecular flexibility index (Phi) is 2.85. The lowest BCUT2D eigenvalue weighted by atomic mass is 10.2. The molecule has 1 aromatic heterocycles. The van der Waals surface area contributed by atoms with E-state index in [1.807, 2.05) is 36.4 Å². The Morgan fingerprint density at radius 2 is 1.86 bits per heavy atom. The molecule has 22 heavy (non-hydrogen) atoms. The zero-order valence-electron chi connectivity index (χ0n) is 12.2. The zero-order chi connectivity index (χ0) is 15.1. The van der Waals surface area contributed by atoms with Crippen LogP contribution in [0.1, 0.15) is 10.4 Å². The Morgan fingerprint density at radius 3 is 2.73 bits per heavy atom. The predicted molar refractivity (Wildman–Crippen MR) is 84.4 cm³/mol. The topological polar surface area (TPSA) is 47.4 Å². The van der Waals surface area contributed by atoms with Crippen LogP contribution >= 0.6 is 0 Å². The van der Waals surface area contributed by atoms with Gasteiger partial charge in [-0.15, -0.1) is 0 Å². The molecule has 1 aliphatic rings. The van der Waals surface area contributed by atoms with Crippen LogP contribution in [0.25, 0.3) is 11.0 Å². The molecule has 0 fully saturated rings. The Hall–Kier alpha value is -2.82. The molecule has 5 heteroatoms. The van der Waals surface area contributed by atoms with Crippen molar-refractivity contribution in [3.05, 3.63) is 54.1 Å². The maximum atomic E-state index is 12.9. The number of nitrogens with zero attached hydrogens (tertiary/aromatic N) is 3. The number of imidazole rings is 1. The highest BCUT2D eigenvalue weighted by Gasteiger charge is 2.30. The van der Waals surface area contributed by atoms with E-state index >= 15 is 0 Å². The van der Waals surface area contributed by atoms with Crippen molar-refractivity contribution in [3.63, 3.8) is 0 Å². The van der Waals surface area contributed by atoms with Gasteiger partial charge in [-0.3, -0.25) is 9.69 Å². The number of aromatic nitrogens is 2. The number of methoxy groups -OCH3 is 1. The highest BCUT2D eigenvalue weighted by atomic mass is 16.5. The quantitative estimate of drug-likeness (QED) is 0.730. The van der Waals surface area contributed by atoms with E-state index in [0.29, 0.717) is 23.8 Å². The van der Waals surface area contributed by atoms with E-state index in [4.69, 9.17) is 4.74 Å². The third-order valence-corrected chi connectivity index (χ3v) is 4.01. The average Bonchev–Trinajstić information content (AvgIpc) is 3.13. The first-order chi connectivity index (χ1) is 10.8. The van der Waals surface area contributed by atoms with Gasteiger partial charge in [0.2, 0.25) is 5.95 Å². The molecule has 2 heterocycles. The largest absolute Gasteiger partial charge is 0.496 e. The van der Waals surface area contributed by atoms with Gasteiger partial charge in [0.25, 0.3) is 5.91 Å². The Balaban J connectivity index is 1.78. The van der Waals surface area contributed by atoms with Crippen molar-refractivity contribution in [2.24, 2.45) is 0 Å². The fraction of sp³-hybridized carbons (Fsp3) is 0.176. The predicted octanol–water partition coefficient (Wildman–Crippen LogP) is 2.71. The van der Waals surface area contributed by atoms with Crippen molar-refractivity contribution >= 4 is 22.9 Å². The summed E-state index contributed by atoms with van der Waals surface area (Å²) >= 11 is 0. The van der Waals surface area contributed by atoms with Crippen LogP contribution < -0.4 is 9.64 Å². The molecule has 1 aliphatic heterocycles. The minimum absolute atomic E-state index is 0.0773. The van der Waals surface area contributed by atoms with Crippen LogP contribution in [0, 0.1) is 0 Å². The molecule has 4 rings (SSSR count). The van der Waals surface area contributed by atoms with Crippen molar-refractivity contribution in [3.8, 4) is 5.75 Å². The van der Waals surface area contributed by atoms with Crippen LogP contribution in [0.4, 0.5) is 5.95 Å². The Bertz CT molecular complexity index is 869. The van der Waals surface area contributed by atoms with Crippen molar-refractivity contribution < 1.29 is 9.53 Å². The van der Waals surface area contributed by atoms with Crippen LogP contribution in [0.15, 0.2) is 48.5 Å². The molecule has 0 unspecified atom stereocenters. The number of hydrogen-bond donors (Lipinski definition) is 0. The molecule has 0 aliphatic carbocycles. The lowest BCUT2D eigenvalue weighted by molar-refractivity contribution is 0.0986. The first kappa shape index (κ1) is 12.9. The van der Waals surface area contributed by atoms with Gasteiger partial charge in [-0.2, -0.15) is 0 Å². The summed E-state index contributed by atoms with van der Waals surface area (Å²) < 4.78 is 7.38. The number of hydrogen-bond acceptors (Lipinski definition) is 3. The van der Waals surface area contributed by atoms with E-state index in [0.717, 1.165) is 17.6 Å². The number of para-hydroxylation sites is 3. The van der Waals surface area contributed by atoms with Gasteiger partial charge < -0.3 is 9.30 Å². The minimum atomic E-state index is -0.0773. The molecule has 1 amide bonds. The molecule has 0 spiro atoms.